The molecule has 0 spiro atoms. The molecule has 1 unspecified atom stereocenters. The van der Waals surface area contributed by atoms with Crippen LogP contribution in [0.4, 0.5) is 0 Å². The molecule has 1 atom stereocenters. The lowest BCUT2D eigenvalue weighted by Gasteiger charge is -2.36. The highest BCUT2D eigenvalue weighted by atomic mass is 16.2. The van der Waals surface area contributed by atoms with Gasteiger partial charge in [-0.3, -0.25) is 9.59 Å². The van der Waals surface area contributed by atoms with Gasteiger partial charge in [0.25, 0.3) is 0 Å². The molecule has 0 bridgehead atoms. The maximum atomic E-state index is 12.1. The Labute approximate surface area is 111 Å². The molecule has 2 amide bonds. The van der Waals surface area contributed by atoms with Crippen LogP contribution < -0.4 is 0 Å². The summed E-state index contributed by atoms with van der Waals surface area (Å²) in [6.45, 7) is 2.35. The molecule has 0 aromatic heterocycles. The predicted octanol–water partition coefficient (Wildman–Crippen LogP) is 0.617. The van der Waals surface area contributed by atoms with Crippen LogP contribution in [0.3, 0.4) is 0 Å². The van der Waals surface area contributed by atoms with E-state index in [1.165, 1.54) is 16.7 Å². The standard InChI is InChI=1S/C14H16N2O3/c1-11(18)15-7-8-16(14(19)9-15)13(10-17)12-5-3-2-4-6-12/h2-6,10,13H,7-9H2,1H3. The van der Waals surface area contributed by atoms with E-state index >= 15 is 0 Å². The van der Waals surface area contributed by atoms with Crippen LogP contribution in [0.15, 0.2) is 30.3 Å². The van der Waals surface area contributed by atoms with Crippen LogP contribution in [0.5, 0.6) is 0 Å². The van der Waals surface area contributed by atoms with Crippen molar-refractivity contribution in [2.75, 3.05) is 19.6 Å². The van der Waals surface area contributed by atoms with Gasteiger partial charge in [0.15, 0.2) is 0 Å². The molecule has 1 aliphatic heterocycles. The first kappa shape index (κ1) is 13.3. The smallest absolute Gasteiger partial charge is 0.243 e. The Balaban J connectivity index is 2.15. The predicted molar refractivity (Wildman–Crippen MR) is 69.2 cm³/mol. The summed E-state index contributed by atoms with van der Waals surface area (Å²) in [4.78, 5) is 37.6. The largest absolute Gasteiger partial charge is 0.332 e. The van der Waals surface area contributed by atoms with E-state index in [0.717, 1.165) is 11.8 Å². The number of carbonyl (C=O) groups excluding carboxylic acids is 3. The third kappa shape index (κ3) is 2.81. The van der Waals surface area contributed by atoms with Crippen molar-refractivity contribution < 1.29 is 14.4 Å². The van der Waals surface area contributed by atoms with Crippen molar-refractivity contribution >= 4 is 18.1 Å². The molecule has 1 aromatic rings. The van der Waals surface area contributed by atoms with Crippen molar-refractivity contribution in [3.05, 3.63) is 35.9 Å². The summed E-state index contributed by atoms with van der Waals surface area (Å²) >= 11 is 0. The first-order chi connectivity index (χ1) is 9.13. The first-order valence-corrected chi connectivity index (χ1v) is 6.18. The summed E-state index contributed by atoms with van der Waals surface area (Å²) in [6.07, 6.45) is 0.774. The molecule has 0 radical (unpaired) electrons. The number of amides is 2. The van der Waals surface area contributed by atoms with Gasteiger partial charge in [-0.25, -0.2) is 0 Å². The number of piperazine rings is 1. The van der Waals surface area contributed by atoms with Crippen LogP contribution in [-0.4, -0.2) is 47.5 Å². The van der Waals surface area contributed by atoms with Crippen molar-refractivity contribution in [2.45, 2.75) is 13.0 Å². The Hall–Kier alpha value is -2.17. The SMILES string of the molecule is CC(=O)N1CCN(C(C=O)c2ccccc2)C(=O)C1. The summed E-state index contributed by atoms with van der Waals surface area (Å²) in [5, 5.41) is 0. The average Bonchev–Trinajstić information content (AvgIpc) is 2.42. The van der Waals surface area contributed by atoms with Gasteiger partial charge >= 0.3 is 0 Å². The average molecular weight is 260 g/mol. The lowest BCUT2D eigenvalue weighted by atomic mass is 10.1. The van der Waals surface area contributed by atoms with Gasteiger partial charge in [-0.1, -0.05) is 30.3 Å². The number of hydrogen-bond acceptors (Lipinski definition) is 3. The molecule has 100 valence electrons. The molecule has 0 saturated carbocycles. The molecule has 1 aliphatic rings. The lowest BCUT2D eigenvalue weighted by molar-refractivity contribution is -0.147. The van der Waals surface area contributed by atoms with Crippen molar-refractivity contribution in [1.82, 2.24) is 9.80 Å². The van der Waals surface area contributed by atoms with Crippen molar-refractivity contribution in [3.8, 4) is 0 Å². The number of rotatable bonds is 3. The molecule has 19 heavy (non-hydrogen) atoms. The Morgan fingerprint density at radius 3 is 2.47 bits per heavy atom. The molecule has 1 heterocycles. The molecule has 5 nitrogen and oxygen atoms in total. The molecule has 2 rings (SSSR count). The third-order valence-corrected chi connectivity index (χ3v) is 3.31. The number of aldehydes is 1. The topological polar surface area (TPSA) is 57.7 Å². The maximum Gasteiger partial charge on any atom is 0.243 e. The Bertz CT molecular complexity index is 487. The minimum Gasteiger partial charge on any atom is -0.332 e. The van der Waals surface area contributed by atoms with Crippen LogP contribution in [-0.2, 0) is 14.4 Å². The highest BCUT2D eigenvalue weighted by molar-refractivity contribution is 5.87. The van der Waals surface area contributed by atoms with Gasteiger partial charge in [0.05, 0.1) is 6.54 Å². The highest BCUT2D eigenvalue weighted by Crippen LogP contribution is 2.20. The third-order valence-electron chi connectivity index (χ3n) is 3.31. The van der Waals surface area contributed by atoms with Gasteiger partial charge in [0, 0.05) is 20.0 Å². The quantitative estimate of drug-likeness (QED) is 0.748. The summed E-state index contributed by atoms with van der Waals surface area (Å²) in [6, 6.07) is 8.61. The molecule has 1 saturated heterocycles. The van der Waals surface area contributed by atoms with E-state index in [2.05, 4.69) is 0 Å². The van der Waals surface area contributed by atoms with E-state index in [1.54, 1.807) is 0 Å². The Kier molecular flexibility index (Phi) is 3.94. The fourth-order valence-corrected chi connectivity index (χ4v) is 2.23. The molecule has 1 fully saturated rings. The van der Waals surface area contributed by atoms with E-state index in [1.807, 2.05) is 30.3 Å². The molecule has 0 N–H and O–H groups in total. The van der Waals surface area contributed by atoms with Gasteiger partial charge in [0.2, 0.25) is 11.8 Å². The first-order valence-electron chi connectivity index (χ1n) is 6.18. The molecular weight excluding hydrogens is 244 g/mol. The lowest BCUT2D eigenvalue weighted by Crippen LogP contribution is -2.53. The Morgan fingerprint density at radius 2 is 1.95 bits per heavy atom. The maximum absolute atomic E-state index is 12.1. The van der Waals surface area contributed by atoms with Crippen molar-refractivity contribution in [1.29, 1.82) is 0 Å². The Morgan fingerprint density at radius 1 is 1.26 bits per heavy atom. The normalized spacial score (nSPS) is 17.2. The van der Waals surface area contributed by atoms with Gasteiger partial charge in [-0.2, -0.15) is 0 Å². The monoisotopic (exact) mass is 260 g/mol. The second-order valence-corrected chi connectivity index (χ2v) is 4.52. The van der Waals surface area contributed by atoms with E-state index in [-0.39, 0.29) is 18.4 Å². The number of hydrogen-bond donors (Lipinski definition) is 0. The summed E-state index contributed by atoms with van der Waals surface area (Å²) in [7, 11) is 0. The van der Waals surface area contributed by atoms with Crippen molar-refractivity contribution in [2.24, 2.45) is 0 Å². The molecular formula is C14H16N2O3. The van der Waals surface area contributed by atoms with Gasteiger partial charge in [-0.15, -0.1) is 0 Å². The number of benzene rings is 1. The number of carbonyl (C=O) groups is 3. The van der Waals surface area contributed by atoms with Gasteiger partial charge in [0.1, 0.15) is 12.3 Å². The van der Waals surface area contributed by atoms with Crippen molar-refractivity contribution in [3.63, 3.8) is 0 Å². The van der Waals surface area contributed by atoms with Gasteiger partial charge < -0.3 is 14.6 Å². The minimum atomic E-state index is -0.567. The van der Waals surface area contributed by atoms with Gasteiger partial charge in [-0.05, 0) is 5.56 Å². The van der Waals surface area contributed by atoms with Crippen LogP contribution in [0.2, 0.25) is 0 Å². The zero-order valence-electron chi connectivity index (χ0n) is 10.8. The fraction of sp³-hybridized carbons (Fsp3) is 0.357. The summed E-state index contributed by atoms with van der Waals surface area (Å²) in [5.41, 5.74) is 0.794. The van der Waals surface area contributed by atoms with E-state index in [9.17, 15) is 14.4 Å². The van der Waals surface area contributed by atoms with Crippen LogP contribution >= 0.6 is 0 Å². The van der Waals surface area contributed by atoms with Crippen LogP contribution in [0.25, 0.3) is 0 Å². The summed E-state index contributed by atoms with van der Waals surface area (Å²) in [5.74, 6) is -0.308. The summed E-state index contributed by atoms with van der Waals surface area (Å²) < 4.78 is 0. The fourth-order valence-electron chi connectivity index (χ4n) is 2.23. The second-order valence-electron chi connectivity index (χ2n) is 4.52. The minimum absolute atomic E-state index is 0.0481. The van der Waals surface area contributed by atoms with E-state index in [4.69, 9.17) is 0 Å². The zero-order chi connectivity index (χ0) is 13.8. The van der Waals surface area contributed by atoms with Crippen LogP contribution in [0, 0.1) is 0 Å². The zero-order valence-corrected chi connectivity index (χ0v) is 10.8. The van der Waals surface area contributed by atoms with E-state index < -0.39 is 6.04 Å². The molecule has 1 aromatic carbocycles. The molecule has 0 aliphatic carbocycles. The molecule has 5 heteroatoms. The number of nitrogens with zero attached hydrogens (tertiary/aromatic N) is 2. The highest BCUT2D eigenvalue weighted by Gasteiger charge is 2.31. The van der Waals surface area contributed by atoms with Crippen LogP contribution in [0.1, 0.15) is 18.5 Å². The van der Waals surface area contributed by atoms with E-state index in [0.29, 0.717) is 13.1 Å². The second kappa shape index (κ2) is 5.65.